The average molecular weight is 314 g/mol. The highest BCUT2D eigenvalue weighted by molar-refractivity contribution is 7.17. The van der Waals surface area contributed by atoms with Crippen molar-refractivity contribution in [1.29, 1.82) is 0 Å². The van der Waals surface area contributed by atoms with E-state index in [4.69, 9.17) is 4.74 Å². The Morgan fingerprint density at radius 2 is 1.67 bits per heavy atom. The largest absolute Gasteiger partial charge is 0.484 e. The van der Waals surface area contributed by atoms with Gasteiger partial charge in [0, 0.05) is 9.75 Å². The van der Waals surface area contributed by atoms with Crippen molar-refractivity contribution in [2.45, 2.75) is 19.8 Å². The Hall–Kier alpha value is -1.58. The van der Waals surface area contributed by atoms with Gasteiger partial charge in [0.2, 0.25) is 0 Å². The van der Waals surface area contributed by atoms with E-state index in [0.29, 0.717) is 0 Å². The van der Waals surface area contributed by atoms with Gasteiger partial charge in [0.25, 0.3) is 0 Å². The van der Waals surface area contributed by atoms with Crippen molar-refractivity contribution in [2.24, 2.45) is 0 Å². The fourth-order valence-electron chi connectivity index (χ4n) is 2.11. The predicted octanol–water partition coefficient (Wildman–Crippen LogP) is 6.32. The van der Waals surface area contributed by atoms with Crippen molar-refractivity contribution in [2.75, 3.05) is 6.61 Å². The second kappa shape index (κ2) is 6.92. The van der Waals surface area contributed by atoms with E-state index in [1.807, 2.05) is 0 Å². The first-order valence-electron chi connectivity index (χ1n) is 7.24. The molecule has 0 amide bonds. The van der Waals surface area contributed by atoms with Crippen LogP contribution in [0, 0.1) is 0 Å². The van der Waals surface area contributed by atoms with Crippen LogP contribution in [-0.2, 0) is 0 Å². The Kier molecular flexibility index (Phi) is 4.73. The highest BCUT2D eigenvalue weighted by Gasteiger charge is 2.05. The highest BCUT2D eigenvalue weighted by atomic mass is 32.1. The summed E-state index contributed by atoms with van der Waals surface area (Å²) >= 11 is 3.50. The van der Waals surface area contributed by atoms with Gasteiger partial charge in [-0.15, -0.1) is 11.3 Å². The van der Waals surface area contributed by atoms with Crippen LogP contribution < -0.4 is 4.74 Å². The lowest BCUT2D eigenvalue weighted by molar-refractivity contribution is 0.318. The molecule has 0 unspecified atom stereocenters. The topological polar surface area (TPSA) is 9.23 Å². The van der Waals surface area contributed by atoms with E-state index in [-0.39, 0.29) is 0 Å². The quantitative estimate of drug-likeness (QED) is 0.483. The second-order valence-electron chi connectivity index (χ2n) is 4.88. The SMILES string of the molecule is CCCCOc1ccc(-c2ccc(-c3cccs3)cc2)s1. The minimum absolute atomic E-state index is 0.813. The molecule has 3 aromatic rings. The molecule has 0 bridgehead atoms. The van der Waals surface area contributed by atoms with Crippen LogP contribution in [-0.4, -0.2) is 6.61 Å². The number of hydrogen-bond donors (Lipinski definition) is 0. The standard InChI is InChI=1S/C18H18OS2/c1-2-3-12-19-18-11-10-17(21-18)15-8-6-14(7-9-15)16-5-4-13-20-16/h4-11,13H,2-3,12H2,1H3. The summed E-state index contributed by atoms with van der Waals surface area (Å²) in [6.07, 6.45) is 2.28. The van der Waals surface area contributed by atoms with Crippen molar-refractivity contribution in [3.05, 3.63) is 53.9 Å². The molecule has 0 aliphatic carbocycles. The summed E-state index contributed by atoms with van der Waals surface area (Å²) in [5.41, 5.74) is 2.54. The minimum Gasteiger partial charge on any atom is -0.484 e. The maximum absolute atomic E-state index is 5.75. The first-order chi connectivity index (χ1) is 10.4. The number of thiophene rings is 2. The molecule has 1 nitrogen and oxygen atoms in total. The molecule has 0 spiro atoms. The Morgan fingerprint density at radius 1 is 0.905 bits per heavy atom. The van der Waals surface area contributed by atoms with Crippen molar-refractivity contribution in [3.8, 4) is 25.9 Å². The van der Waals surface area contributed by atoms with Crippen molar-refractivity contribution in [1.82, 2.24) is 0 Å². The van der Waals surface area contributed by atoms with E-state index in [2.05, 4.69) is 60.8 Å². The Labute approximate surface area is 133 Å². The molecule has 0 atom stereocenters. The van der Waals surface area contributed by atoms with E-state index in [1.165, 1.54) is 27.3 Å². The average Bonchev–Trinajstić information content (AvgIpc) is 3.20. The fraction of sp³-hybridized carbons (Fsp3) is 0.222. The monoisotopic (exact) mass is 314 g/mol. The Bertz CT molecular complexity index is 666. The van der Waals surface area contributed by atoms with Gasteiger partial charge in [0.15, 0.2) is 5.06 Å². The van der Waals surface area contributed by atoms with Crippen molar-refractivity contribution >= 4 is 22.7 Å². The highest BCUT2D eigenvalue weighted by Crippen LogP contribution is 2.34. The summed E-state index contributed by atoms with van der Waals surface area (Å²) < 4.78 is 5.75. The summed E-state index contributed by atoms with van der Waals surface area (Å²) in [6.45, 7) is 2.99. The lowest BCUT2D eigenvalue weighted by atomic mass is 10.1. The number of rotatable bonds is 6. The van der Waals surface area contributed by atoms with Gasteiger partial charge in [-0.25, -0.2) is 0 Å². The molecule has 0 radical (unpaired) electrons. The first-order valence-corrected chi connectivity index (χ1v) is 8.93. The zero-order valence-corrected chi connectivity index (χ0v) is 13.7. The van der Waals surface area contributed by atoms with Gasteiger partial charge in [0.05, 0.1) is 6.61 Å². The van der Waals surface area contributed by atoms with Gasteiger partial charge < -0.3 is 4.74 Å². The van der Waals surface area contributed by atoms with E-state index >= 15 is 0 Å². The van der Waals surface area contributed by atoms with Gasteiger partial charge >= 0.3 is 0 Å². The van der Waals surface area contributed by atoms with E-state index in [9.17, 15) is 0 Å². The third kappa shape index (κ3) is 3.55. The summed E-state index contributed by atoms with van der Waals surface area (Å²) in [5, 5.41) is 3.13. The summed E-state index contributed by atoms with van der Waals surface area (Å²) in [5.74, 6) is 0. The maximum atomic E-state index is 5.75. The lowest BCUT2D eigenvalue weighted by Crippen LogP contribution is -1.93. The Balaban J connectivity index is 1.72. The molecule has 0 aliphatic rings. The number of ether oxygens (including phenoxy) is 1. The number of hydrogen-bond acceptors (Lipinski definition) is 3. The molecule has 2 aromatic heterocycles. The maximum Gasteiger partial charge on any atom is 0.174 e. The minimum atomic E-state index is 0.813. The molecule has 0 N–H and O–H groups in total. The molecule has 0 aliphatic heterocycles. The van der Waals surface area contributed by atoms with Crippen LogP contribution in [0.4, 0.5) is 0 Å². The smallest absolute Gasteiger partial charge is 0.174 e. The molecule has 2 heterocycles. The van der Waals surface area contributed by atoms with Crippen LogP contribution in [0.3, 0.4) is 0 Å². The van der Waals surface area contributed by atoms with Crippen LogP contribution in [0.5, 0.6) is 5.06 Å². The predicted molar refractivity (Wildman–Crippen MR) is 93.5 cm³/mol. The third-order valence-corrected chi connectivity index (χ3v) is 5.26. The van der Waals surface area contributed by atoms with Gasteiger partial charge in [-0.05, 0) is 41.1 Å². The van der Waals surface area contributed by atoms with Crippen LogP contribution in [0.1, 0.15) is 19.8 Å². The molecule has 3 rings (SSSR count). The summed E-state index contributed by atoms with van der Waals surface area (Å²) in [4.78, 5) is 2.58. The van der Waals surface area contributed by atoms with Crippen LogP contribution in [0.25, 0.3) is 20.9 Å². The van der Waals surface area contributed by atoms with Crippen LogP contribution in [0.2, 0.25) is 0 Å². The van der Waals surface area contributed by atoms with Crippen LogP contribution >= 0.6 is 22.7 Å². The summed E-state index contributed by atoms with van der Waals surface area (Å²) in [7, 11) is 0. The lowest BCUT2D eigenvalue weighted by Gasteiger charge is -2.02. The normalized spacial score (nSPS) is 10.7. The second-order valence-corrected chi connectivity index (χ2v) is 6.87. The van der Waals surface area contributed by atoms with Gasteiger partial charge in [0.1, 0.15) is 0 Å². The van der Waals surface area contributed by atoms with E-state index < -0.39 is 0 Å². The fourth-order valence-corrected chi connectivity index (χ4v) is 3.73. The molecular formula is C18H18OS2. The molecule has 0 saturated carbocycles. The van der Waals surface area contributed by atoms with Crippen molar-refractivity contribution < 1.29 is 4.74 Å². The molecular weight excluding hydrogens is 296 g/mol. The van der Waals surface area contributed by atoms with Gasteiger partial charge in [-0.2, -0.15) is 0 Å². The Morgan fingerprint density at radius 3 is 2.33 bits per heavy atom. The van der Waals surface area contributed by atoms with Crippen molar-refractivity contribution in [3.63, 3.8) is 0 Å². The summed E-state index contributed by atoms with van der Waals surface area (Å²) in [6, 6.07) is 17.2. The molecule has 1 aromatic carbocycles. The first kappa shape index (κ1) is 14.4. The zero-order chi connectivity index (χ0) is 14.5. The number of benzene rings is 1. The molecule has 21 heavy (non-hydrogen) atoms. The van der Waals surface area contributed by atoms with Crippen LogP contribution in [0.15, 0.2) is 53.9 Å². The van der Waals surface area contributed by atoms with E-state index in [0.717, 1.165) is 18.1 Å². The zero-order valence-electron chi connectivity index (χ0n) is 12.0. The van der Waals surface area contributed by atoms with Gasteiger partial charge in [-0.1, -0.05) is 55.0 Å². The molecule has 0 fully saturated rings. The third-order valence-electron chi connectivity index (χ3n) is 3.30. The number of unbranched alkanes of at least 4 members (excludes halogenated alkanes) is 1. The molecule has 0 saturated heterocycles. The van der Waals surface area contributed by atoms with E-state index in [1.54, 1.807) is 22.7 Å². The van der Waals surface area contributed by atoms with Gasteiger partial charge in [-0.3, -0.25) is 0 Å². The molecule has 108 valence electrons. The molecule has 3 heteroatoms.